The quantitative estimate of drug-likeness (QED) is 0.830. The van der Waals surface area contributed by atoms with Gasteiger partial charge in [-0.15, -0.1) is 0 Å². The lowest BCUT2D eigenvalue weighted by molar-refractivity contribution is 0.165. The third-order valence-electron chi connectivity index (χ3n) is 5.96. The summed E-state index contributed by atoms with van der Waals surface area (Å²) >= 11 is 0. The molecule has 0 aromatic heterocycles. The van der Waals surface area contributed by atoms with Gasteiger partial charge in [0.05, 0.1) is 0 Å². The minimum Gasteiger partial charge on any atom is -0.396 e. The van der Waals surface area contributed by atoms with Crippen LogP contribution in [0.4, 0.5) is 4.79 Å². The van der Waals surface area contributed by atoms with Gasteiger partial charge in [0.2, 0.25) is 0 Å². The molecule has 2 amide bonds. The molecule has 5 atom stereocenters. The Balaban J connectivity index is 1.62. The number of nitrogens with zero attached hydrogens (tertiary/aromatic N) is 1. The number of carbonyl (C=O) groups is 1. The predicted octanol–water partition coefficient (Wildman–Crippen LogP) is 2.37. The van der Waals surface area contributed by atoms with Gasteiger partial charge in [-0.3, -0.25) is 0 Å². The van der Waals surface area contributed by atoms with Crippen molar-refractivity contribution in [3.8, 4) is 0 Å². The number of nitrogens with one attached hydrogen (secondary N) is 1. The minimum absolute atomic E-state index is 0.114. The zero-order valence-corrected chi connectivity index (χ0v) is 12.9. The first-order valence-corrected chi connectivity index (χ1v) is 8.17. The van der Waals surface area contributed by atoms with Crippen LogP contribution in [0.1, 0.15) is 52.9 Å². The lowest BCUT2D eigenvalue weighted by atomic mass is 9.90. The average Bonchev–Trinajstić information content (AvgIpc) is 2.80. The summed E-state index contributed by atoms with van der Waals surface area (Å²) in [5.41, 5.74) is 0.394. The van der Waals surface area contributed by atoms with E-state index in [4.69, 9.17) is 0 Å². The van der Waals surface area contributed by atoms with Gasteiger partial charge in [0.25, 0.3) is 0 Å². The fourth-order valence-corrected chi connectivity index (χ4v) is 4.54. The number of carbonyl (C=O) groups excluding carboxylic acids is 1. The van der Waals surface area contributed by atoms with Gasteiger partial charge >= 0.3 is 6.03 Å². The zero-order valence-electron chi connectivity index (χ0n) is 12.9. The van der Waals surface area contributed by atoms with Crippen LogP contribution < -0.4 is 5.32 Å². The highest BCUT2D eigenvalue weighted by Gasteiger charge is 2.52. The van der Waals surface area contributed by atoms with Crippen LogP contribution in [0.2, 0.25) is 0 Å². The highest BCUT2D eigenvalue weighted by atomic mass is 16.3. The maximum Gasteiger partial charge on any atom is 0.318 e. The maximum atomic E-state index is 12.6. The Morgan fingerprint density at radius 2 is 2.15 bits per heavy atom. The van der Waals surface area contributed by atoms with Crippen molar-refractivity contribution in [2.24, 2.45) is 17.3 Å². The third kappa shape index (κ3) is 2.22. The van der Waals surface area contributed by atoms with Crippen LogP contribution in [0.5, 0.6) is 0 Å². The molecule has 2 bridgehead atoms. The maximum absolute atomic E-state index is 12.6. The van der Waals surface area contributed by atoms with Crippen LogP contribution in [0.15, 0.2) is 0 Å². The van der Waals surface area contributed by atoms with Crippen molar-refractivity contribution in [1.82, 2.24) is 10.2 Å². The molecule has 2 N–H and O–H groups in total. The summed E-state index contributed by atoms with van der Waals surface area (Å²) < 4.78 is 0. The van der Waals surface area contributed by atoms with E-state index < -0.39 is 0 Å². The van der Waals surface area contributed by atoms with Crippen molar-refractivity contribution >= 4 is 6.03 Å². The molecule has 3 rings (SSSR count). The molecule has 3 fully saturated rings. The zero-order chi connectivity index (χ0) is 14.5. The Morgan fingerprint density at radius 1 is 1.45 bits per heavy atom. The molecule has 2 saturated heterocycles. The number of hydrogen-bond donors (Lipinski definition) is 2. The van der Waals surface area contributed by atoms with Gasteiger partial charge in [-0.1, -0.05) is 20.8 Å². The van der Waals surface area contributed by atoms with Crippen molar-refractivity contribution in [2.75, 3.05) is 6.61 Å². The van der Waals surface area contributed by atoms with Gasteiger partial charge in [0.15, 0.2) is 0 Å². The molecule has 20 heavy (non-hydrogen) atoms. The molecule has 4 nitrogen and oxygen atoms in total. The standard InChI is InChI=1S/C16H28N2O2/c1-4-13(12-8-16(12,2)3)17-15(20)18-11-5-6-14(18)10(7-11)9-19/h10-14,19H,4-9H2,1-3H3,(H,17,20). The van der Waals surface area contributed by atoms with E-state index in [0.29, 0.717) is 29.3 Å². The summed E-state index contributed by atoms with van der Waals surface area (Å²) in [5.74, 6) is 0.933. The highest BCUT2D eigenvalue weighted by Crippen LogP contribution is 2.54. The molecule has 0 aromatic carbocycles. The van der Waals surface area contributed by atoms with Crippen molar-refractivity contribution in [1.29, 1.82) is 0 Å². The fraction of sp³-hybridized carbons (Fsp3) is 0.938. The van der Waals surface area contributed by atoms with Gasteiger partial charge in [-0.2, -0.15) is 0 Å². The van der Waals surface area contributed by atoms with Crippen molar-refractivity contribution in [2.45, 2.75) is 71.0 Å². The van der Waals surface area contributed by atoms with Crippen LogP contribution in [-0.2, 0) is 0 Å². The third-order valence-corrected chi connectivity index (χ3v) is 5.96. The van der Waals surface area contributed by atoms with Crippen LogP contribution >= 0.6 is 0 Å². The van der Waals surface area contributed by atoms with E-state index in [-0.39, 0.29) is 18.7 Å². The molecule has 0 radical (unpaired) electrons. The number of hydrogen-bond acceptors (Lipinski definition) is 2. The van der Waals surface area contributed by atoms with E-state index >= 15 is 0 Å². The van der Waals surface area contributed by atoms with E-state index in [1.165, 1.54) is 6.42 Å². The molecular formula is C16H28N2O2. The highest BCUT2D eigenvalue weighted by molar-refractivity contribution is 5.76. The summed E-state index contributed by atoms with van der Waals surface area (Å²) in [4.78, 5) is 14.7. The Morgan fingerprint density at radius 3 is 2.65 bits per heavy atom. The van der Waals surface area contributed by atoms with E-state index in [9.17, 15) is 9.90 Å². The smallest absolute Gasteiger partial charge is 0.318 e. The van der Waals surface area contributed by atoms with Gasteiger partial charge in [0, 0.05) is 30.7 Å². The van der Waals surface area contributed by atoms with Crippen LogP contribution in [0, 0.1) is 17.3 Å². The van der Waals surface area contributed by atoms with E-state index in [2.05, 4.69) is 26.1 Å². The first kappa shape index (κ1) is 14.2. The van der Waals surface area contributed by atoms with Crippen molar-refractivity contribution in [3.63, 3.8) is 0 Å². The molecule has 4 heteroatoms. The number of urea groups is 1. The summed E-state index contributed by atoms with van der Waals surface area (Å²) in [6.45, 7) is 6.95. The summed E-state index contributed by atoms with van der Waals surface area (Å²) in [6.07, 6.45) is 5.39. The first-order chi connectivity index (χ1) is 9.47. The molecule has 0 spiro atoms. The van der Waals surface area contributed by atoms with Crippen molar-refractivity contribution in [3.05, 3.63) is 0 Å². The largest absolute Gasteiger partial charge is 0.396 e. The SMILES string of the molecule is CCC(NC(=O)N1C2CCC1C(CO)C2)C1CC1(C)C. The normalized spacial score (nSPS) is 38.9. The Hall–Kier alpha value is -0.770. The molecule has 2 aliphatic heterocycles. The van der Waals surface area contributed by atoms with Crippen molar-refractivity contribution < 1.29 is 9.90 Å². The molecule has 3 aliphatic rings. The lowest BCUT2D eigenvalue weighted by Gasteiger charge is -2.27. The minimum atomic E-state index is 0.114. The summed E-state index contributed by atoms with van der Waals surface area (Å²) in [6, 6.07) is 1.06. The average molecular weight is 280 g/mol. The Labute approximate surface area is 121 Å². The molecule has 5 unspecified atom stereocenters. The Kier molecular flexibility index (Phi) is 3.47. The number of rotatable bonds is 4. The Bertz CT molecular complexity index is 396. The second-order valence-electron chi connectivity index (χ2n) is 7.65. The van der Waals surface area contributed by atoms with Gasteiger partial charge in [-0.05, 0) is 43.4 Å². The summed E-state index contributed by atoms with van der Waals surface area (Å²) in [7, 11) is 0. The van der Waals surface area contributed by atoms with Gasteiger partial charge in [0.1, 0.15) is 0 Å². The molecule has 0 aromatic rings. The summed E-state index contributed by atoms with van der Waals surface area (Å²) in [5, 5.41) is 12.7. The monoisotopic (exact) mass is 280 g/mol. The number of fused-ring (bicyclic) bond motifs is 2. The molecule has 1 saturated carbocycles. The topological polar surface area (TPSA) is 52.6 Å². The molecular weight excluding hydrogens is 252 g/mol. The second kappa shape index (κ2) is 4.90. The number of amides is 2. The second-order valence-corrected chi connectivity index (χ2v) is 7.65. The van der Waals surface area contributed by atoms with E-state index in [1.807, 2.05) is 4.90 Å². The van der Waals surface area contributed by atoms with E-state index in [1.54, 1.807) is 0 Å². The molecule has 114 valence electrons. The lowest BCUT2D eigenvalue weighted by Crippen LogP contribution is -2.48. The van der Waals surface area contributed by atoms with Gasteiger partial charge in [-0.25, -0.2) is 4.79 Å². The van der Waals surface area contributed by atoms with Crippen LogP contribution in [0.3, 0.4) is 0 Å². The van der Waals surface area contributed by atoms with Gasteiger partial charge < -0.3 is 15.3 Å². The predicted molar refractivity (Wildman–Crippen MR) is 78.3 cm³/mol. The number of aliphatic hydroxyl groups is 1. The molecule has 2 heterocycles. The van der Waals surface area contributed by atoms with E-state index in [0.717, 1.165) is 25.7 Å². The molecule has 1 aliphatic carbocycles. The van der Waals surface area contributed by atoms with Crippen LogP contribution in [0.25, 0.3) is 0 Å². The number of aliphatic hydroxyl groups excluding tert-OH is 1. The first-order valence-electron chi connectivity index (χ1n) is 8.17. The fourth-order valence-electron chi connectivity index (χ4n) is 4.54. The van der Waals surface area contributed by atoms with Crippen LogP contribution in [-0.4, -0.2) is 40.8 Å².